The normalized spacial score (nSPS) is 19.7. The molecule has 2 heterocycles. The highest BCUT2D eigenvalue weighted by molar-refractivity contribution is 5.50. The first-order chi connectivity index (χ1) is 7.22. The van der Waals surface area contributed by atoms with E-state index in [1.807, 2.05) is 6.20 Å². The van der Waals surface area contributed by atoms with E-state index in [0.717, 1.165) is 12.3 Å². The second kappa shape index (κ2) is 5.33. The number of hydrogen-bond donors (Lipinski definition) is 0. The molecule has 0 amide bonds. The van der Waals surface area contributed by atoms with E-state index in [-0.39, 0.29) is 7.43 Å². The van der Waals surface area contributed by atoms with E-state index in [9.17, 15) is 0 Å². The molecular formula is C14H24N2. The first-order valence-corrected chi connectivity index (χ1v) is 5.91. The Hall–Kier alpha value is -1.05. The summed E-state index contributed by atoms with van der Waals surface area (Å²) in [5, 5.41) is 0. The Morgan fingerprint density at radius 2 is 2.25 bits per heavy atom. The van der Waals surface area contributed by atoms with Gasteiger partial charge in [-0.2, -0.15) is 0 Å². The van der Waals surface area contributed by atoms with Crippen LogP contribution in [-0.2, 0) is 6.42 Å². The third-order valence-corrected chi connectivity index (χ3v) is 3.39. The number of anilines is 1. The molecule has 0 spiro atoms. The molecular weight excluding hydrogens is 196 g/mol. The summed E-state index contributed by atoms with van der Waals surface area (Å²) in [5.74, 6) is 2.02. The van der Waals surface area contributed by atoms with Gasteiger partial charge in [0.1, 0.15) is 5.82 Å². The molecule has 1 aliphatic rings. The Labute approximate surface area is 99.7 Å². The molecule has 2 nitrogen and oxygen atoms in total. The van der Waals surface area contributed by atoms with Crippen molar-refractivity contribution in [2.75, 3.05) is 18.0 Å². The van der Waals surface area contributed by atoms with Crippen LogP contribution in [-0.4, -0.2) is 18.1 Å². The molecule has 0 N–H and O–H groups in total. The Morgan fingerprint density at radius 3 is 2.81 bits per heavy atom. The van der Waals surface area contributed by atoms with Crippen LogP contribution < -0.4 is 4.90 Å². The maximum Gasteiger partial charge on any atom is 0.131 e. The summed E-state index contributed by atoms with van der Waals surface area (Å²) in [6, 6.07) is 2.14. The number of pyridine rings is 1. The van der Waals surface area contributed by atoms with Crippen LogP contribution in [0.25, 0.3) is 0 Å². The zero-order valence-electron chi connectivity index (χ0n) is 9.95. The summed E-state index contributed by atoms with van der Waals surface area (Å²) < 4.78 is 0. The maximum atomic E-state index is 4.53. The third-order valence-electron chi connectivity index (χ3n) is 3.39. The van der Waals surface area contributed by atoms with Gasteiger partial charge < -0.3 is 4.90 Å². The Bertz CT molecular complexity index is 347. The first-order valence-electron chi connectivity index (χ1n) is 5.91. The number of aryl methyl sites for hydroxylation is 1. The van der Waals surface area contributed by atoms with Crippen LogP contribution in [0.2, 0.25) is 0 Å². The van der Waals surface area contributed by atoms with Crippen molar-refractivity contribution in [2.24, 2.45) is 5.92 Å². The lowest BCUT2D eigenvalue weighted by molar-refractivity contribution is 0.658. The van der Waals surface area contributed by atoms with Gasteiger partial charge in [0.25, 0.3) is 0 Å². The van der Waals surface area contributed by atoms with E-state index in [1.165, 1.54) is 36.5 Å². The van der Waals surface area contributed by atoms with Crippen LogP contribution in [0.5, 0.6) is 0 Å². The summed E-state index contributed by atoms with van der Waals surface area (Å²) in [4.78, 5) is 6.96. The average Bonchev–Trinajstić information content (AvgIpc) is 2.65. The van der Waals surface area contributed by atoms with Gasteiger partial charge in [-0.3, -0.25) is 0 Å². The van der Waals surface area contributed by atoms with E-state index in [4.69, 9.17) is 0 Å². The lowest BCUT2D eigenvalue weighted by Gasteiger charge is -2.20. The van der Waals surface area contributed by atoms with Gasteiger partial charge in [0, 0.05) is 19.3 Å². The van der Waals surface area contributed by atoms with Crippen molar-refractivity contribution in [3.05, 3.63) is 23.4 Å². The third kappa shape index (κ3) is 2.37. The molecule has 0 saturated carbocycles. The lowest BCUT2D eigenvalue weighted by atomic mass is 10.1. The van der Waals surface area contributed by atoms with Crippen molar-refractivity contribution in [3.63, 3.8) is 0 Å². The van der Waals surface area contributed by atoms with Crippen LogP contribution in [0.4, 0.5) is 5.82 Å². The van der Waals surface area contributed by atoms with E-state index < -0.39 is 0 Å². The number of hydrogen-bond acceptors (Lipinski definition) is 2. The number of rotatable bonds is 2. The molecule has 1 fully saturated rings. The monoisotopic (exact) mass is 220 g/mol. The topological polar surface area (TPSA) is 16.1 Å². The fourth-order valence-electron chi connectivity index (χ4n) is 2.39. The minimum Gasteiger partial charge on any atom is -0.356 e. The first kappa shape index (κ1) is 13.0. The SMILES string of the molecule is C.CCc1ccnc(N2CCC(C)C2)c1C. The highest BCUT2D eigenvalue weighted by Crippen LogP contribution is 2.26. The van der Waals surface area contributed by atoms with Crippen molar-refractivity contribution in [2.45, 2.75) is 41.0 Å². The summed E-state index contributed by atoms with van der Waals surface area (Å²) in [7, 11) is 0. The fraction of sp³-hybridized carbons (Fsp3) is 0.643. The molecule has 2 heteroatoms. The van der Waals surface area contributed by atoms with Crippen molar-refractivity contribution >= 4 is 5.82 Å². The van der Waals surface area contributed by atoms with Crippen LogP contribution in [0.15, 0.2) is 12.3 Å². The van der Waals surface area contributed by atoms with Crippen LogP contribution >= 0.6 is 0 Å². The van der Waals surface area contributed by atoms with Crippen LogP contribution in [0, 0.1) is 12.8 Å². The summed E-state index contributed by atoms with van der Waals surface area (Å²) in [6.07, 6.45) is 4.35. The predicted molar refractivity (Wildman–Crippen MR) is 71.1 cm³/mol. The van der Waals surface area contributed by atoms with Gasteiger partial charge in [-0.25, -0.2) is 4.98 Å². The molecule has 1 aromatic rings. The van der Waals surface area contributed by atoms with E-state index in [2.05, 4.69) is 36.7 Å². The van der Waals surface area contributed by atoms with Gasteiger partial charge in [-0.1, -0.05) is 21.3 Å². The van der Waals surface area contributed by atoms with Crippen molar-refractivity contribution < 1.29 is 0 Å². The summed E-state index contributed by atoms with van der Waals surface area (Å²) in [6.45, 7) is 9.06. The van der Waals surface area contributed by atoms with E-state index >= 15 is 0 Å². The highest BCUT2D eigenvalue weighted by Gasteiger charge is 2.21. The minimum absolute atomic E-state index is 0. The number of aromatic nitrogens is 1. The zero-order chi connectivity index (χ0) is 10.8. The molecule has 1 aromatic heterocycles. The molecule has 0 aliphatic carbocycles. The Morgan fingerprint density at radius 1 is 1.50 bits per heavy atom. The molecule has 90 valence electrons. The Kier molecular flexibility index (Phi) is 4.34. The predicted octanol–water partition coefficient (Wildman–Crippen LogP) is 3.43. The minimum atomic E-state index is 0. The van der Waals surface area contributed by atoms with Gasteiger partial charge >= 0.3 is 0 Å². The van der Waals surface area contributed by atoms with Crippen molar-refractivity contribution in [1.29, 1.82) is 0 Å². The largest absolute Gasteiger partial charge is 0.356 e. The van der Waals surface area contributed by atoms with E-state index in [0.29, 0.717) is 0 Å². The second-order valence-electron chi connectivity index (χ2n) is 4.61. The average molecular weight is 220 g/mol. The molecule has 16 heavy (non-hydrogen) atoms. The lowest BCUT2D eigenvalue weighted by Crippen LogP contribution is -2.21. The fourth-order valence-corrected chi connectivity index (χ4v) is 2.39. The van der Waals surface area contributed by atoms with Gasteiger partial charge in [0.15, 0.2) is 0 Å². The summed E-state index contributed by atoms with van der Waals surface area (Å²) in [5.41, 5.74) is 2.80. The molecule has 1 saturated heterocycles. The van der Waals surface area contributed by atoms with Crippen LogP contribution in [0.1, 0.15) is 38.8 Å². The number of nitrogens with zero attached hydrogens (tertiary/aromatic N) is 2. The molecule has 1 atom stereocenters. The molecule has 0 bridgehead atoms. The van der Waals surface area contributed by atoms with E-state index in [1.54, 1.807) is 0 Å². The molecule has 1 aliphatic heterocycles. The maximum absolute atomic E-state index is 4.53. The van der Waals surface area contributed by atoms with Gasteiger partial charge in [0.2, 0.25) is 0 Å². The van der Waals surface area contributed by atoms with Gasteiger partial charge in [-0.05, 0) is 42.9 Å². The van der Waals surface area contributed by atoms with Gasteiger partial charge in [-0.15, -0.1) is 0 Å². The van der Waals surface area contributed by atoms with Crippen LogP contribution in [0.3, 0.4) is 0 Å². The smallest absolute Gasteiger partial charge is 0.131 e. The molecule has 0 aromatic carbocycles. The molecule has 1 unspecified atom stereocenters. The van der Waals surface area contributed by atoms with Crippen molar-refractivity contribution in [1.82, 2.24) is 4.98 Å². The Balaban J connectivity index is 0.00000128. The zero-order valence-corrected chi connectivity index (χ0v) is 9.95. The highest BCUT2D eigenvalue weighted by atomic mass is 15.2. The summed E-state index contributed by atoms with van der Waals surface area (Å²) >= 11 is 0. The van der Waals surface area contributed by atoms with Crippen molar-refractivity contribution in [3.8, 4) is 0 Å². The standard InChI is InChI=1S/C13H20N2.CH4/c1-4-12-5-7-14-13(11(12)3)15-8-6-10(2)9-15;/h5,7,10H,4,6,8-9H2,1-3H3;1H4. The molecule has 0 radical (unpaired) electrons. The quantitative estimate of drug-likeness (QED) is 0.759. The molecule has 2 rings (SSSR count). The second-order valence-corrected chi connectivity index (χ2v) is 4.61. The van der Waals surface area contributed by atoms with Gasteiger partial charge in [0.05, 0.1) is 0 Å².